The van der Waals surface area contributed by atoms with Crippen molar-refractivity contribution in [2.75, 3.05) is 33.3 Å². The van der Waals surface area contributed by atoms with Crippen LogP contribution in [0.2, 0.25) is 0 Å². The second kappa shape index (κ2) is 9.24. The lowest BCUT2D eigenvalue weighted by molar-refractivity contribution is -0.0690. The first-order valence-corrected chi connectivity index (χ1v) is 11.7. The van der Waals surface area contributed by atoms with Crippen LogP contribution in [0.1, 0.15) is 50.8 Å². The van der Waals surface area contributed by atoms with Crippen LogP contribution in [0.3, 0.4) is 0 Å². The van der Waals surface area contributed by atoms with Gasteiger partial charge in [0.15, 0.2) is 0 Å². The Kier molecular flexibility index (Phi) is 6.59. The van der Waals surface area contributed by atoms with Gasteiger partial charge >= 0.3 is 6.09 Å². The molecule has 5 heteroatoms. The minimum Gasteiger partial charge on any atom is -0.444 e. The average Bonchev–Trinajstić information content (AvgIpc) is 3.17. The second-order valence-electron chi connectivity index (χ2n) is 10.2. The van der Waals surface area contributed by atoms with Crippen molar-refractivity contribution >= 4 is 6.09 Å². The van der Waals surface area contributed by atoms with Crippen LogP contribution in [0.5, 0.6) is 0 Å². The molecule has 2 aliphatic rings. The SMILES string of the molecule is COC1CCN(C(=O)OC(C)(C)C)CC12CCN(C(c1ccccc1)c1ccccc1)C2. The number of nitrogens with zero attached hydrogens (tertiary/aromatic N) is 2. The van der Waals surface area contributed by atoms with Gasteiger partial charge in [-0.1, -0.05) is 60.7 Å². The van der Waals surface area contributed by atoms with Gasteiger partial charge in [0.05, 0.1) is 12.1 Å². The van der Waals surface area contributed by atoms with Gasteiger partial charge < -0.3 is 14.4 Å². The second-order valence-corrected chi connectivity index (χ2v) is 10.2. The van der Waals surface area contributed by atoms with Gasteiger partial charge in [0.25, 0.3) is 0 Å². The van der Waals surface area contributed by atoms with Crippen LogP contribution in [0.15, 0.2) is 60.7 Å². The summed E-state index contributed by atoms with van der Waals surface area (Å²) in [6, 6.07) is 21.6. The Morgan fingerprint density at radius 2 is 1.56 bits per heavy atom. The highest BCUT2D eigenvalue weighted by molar-refractivity contribution is 5.68. The minimum absolute atomic E-state index is 0.0916. The van der Waals surface area contributed by atoms with E-state index in [2.05, 4.69) is 65.6 Å². The highest BCUT2D eigenvalue weighted by Gasteiger charge is 2.51. The highest BCUT2D eigenvalue weighted by Crippen LogP contribution is 2.45. The lowest BCUT2D eigenvalue weighted by Gasteiger charge is -2.46. The van der Waals surface area contributed by atoms with E-state index in [0.29, 0.717) is 13.1 Å². The maximum Gasteiger partial charge on any atom is 0.410 e. The summed E-state index contributed by atoms with van der Waals surface area (Å²) >= 11 is 0. The zero-order valence-corrected chi connectivity index (χ0v) is 19.8. The Bertz CT molecular complexity index is 857. The topological polar surface area (TPSA) is 42.0 Å². The molecule has 2 heterocycles. The van der Waals surface area contributed by atoms with Gasteiger partial charge in [-0.25, -0.2) is 4.79 Å². The molecule has 172 valence electrons. The number of hydrogen-bond donors (Lipinski definition) is 0. The Labute approximate surface area is 192 Å². The number of carbonyl (C=O) groups is 1. The van der Waals surface area contributed by atoms with Crippen LogP contribution < -0.4 is 0 Å². The lowest BCUT2D eigenvalue weighted by Crippen LogP contribution is -2.56. The summed E-state index contributed by atoms with van der Waals surface area (Å²) in [4.78, 5) is 17.3. The summed E-state index contributed by atoms with van der Waals surface area (Å²) in [5, 5.41) is 0. The van der Waals surface area contributed by atoms with Crippen LogP contribution in [-0.2, 0) is 9.47 Å². The molecular weight excluding hydrogens is 400 g/mol. The Morgan fingerprint density at radius 1 is 0.969 bits per heavy atom. The van der Waals surface area contributed by atoms with Gasteiger partial charge in [-0.3, -0.25) is 4.90 Å². The van der Waals surface area contributed by atoms with E-state index < -0.39 is 5.60 Å². The maximum absolute atomic E-state index is 12.9. The van der Waals surface area contributed by atoms with Crippen molar-refractivity contribution in [3.63, 3.8) is 0 Å². The van der Waals surface area contributed by atoms with Crippen molar-refractivity contribution in [3.8, 4) is 0 Å². The van der Waals surface area contributed by atoms with Crippen molar-refractivity contribution in [1.29, 1.82) is 0 Å². The monoisotopic (exact) mass is 436 g/mol. The number of rotatable bonds is 4. The third-order valence-electron chi connectivity index (χ3n) is 6.80. The molecule has 0 radical (unpaired) electrons. The van der Waals surface area contributed by atoms with E-state index in [1.54, 1.807) is 0 Å². The van der Waals surface area contributed by atoms with E-state index >= 15 is 0 Å². The molecule has 2 unspecified atom stereocenters. The number of carbonyl (C=O) groups excluding carboxylic acids is 1. The number of likely N-dealkylation sites (tertiary alicyclic amines) is 2. The van der Waals surface area contributed by atoms with Crippen LogP contribution in [0, 0.1) is 5.41 Å². The van der Waals surface area contributed by atoms with Crippen molar-refractivity contribution in [2.45, 2.75) is 51.4 Å². The highest BCUT2D eigenvalue weighted by atomic mass is 16.6. The molecule has 1 amide bonds. The smallest absolute Gasteiger partial charge is 0.410 e. The Morgan fingerprint density at radius 3 is 2.09 bits per heavy atom. The van der Waals surface area contributed by atoms with Crippen molar-refractivity contribution in [1.82, 2.24) is 9.80 Å². The molecule has 0 bridgehead atoms. The van der Waals surface area contributed by atoms with E-state index in [9.17, 15) is 4.79 Å². The van der Waals surface area contributed by atoms with Crippen molar-refractivity contribution in [3.05, 3.63) is 71.8 Å². The van der Waals surface area contributed by atoms with Crippen molar-refractivity contribution < 1.29 is 14.3 Å². The summed E-state index contributed by atoms with van der Waals surface area (Å²) in [5.41, 5.74) is 2.01. The molecule has 2 aliphatic heterocycles. The molecule has 5 nitrogen and oxygen atoms in total. The lowest BCUT2D eigenvalue weighted by atomic mass is 9.76. The van der Waals surface area contributed by atoms with Gasteiger partial charge in [0, 0.05) is 32.2 Å². The summed E-state index contributed by atoms with van der Waals surface area (Å²) in [6.07, 6.45) is 1.76. The fourth-order valence-corrected chi connectivity index (χ4v) is 5.42. The van der Waals surface area contributed by atoms with Crippen LogP contribution in [-0.4, -0.2) is 60.9 Å². The number of amides is 1. The predicted molar refractivity (Wildman–Crippen MR) is 127 cm³/mol. The van der Waals surface area contributed by atoms with Gasteiger partial charge in [0.1, 0.15) is 5.60 Å². The van der Waals surface area contributed by atoms with Gasteiger partial charge in [0.2, 0.25) is 0 Å². The Hall–Kier alpha value is -2.37. The van der Waals surface area contributed by atoms with E-state index in [-0.39, 0.29) is 23.7 Å². The molecule has 0 aromatic heterocycles. The number of hydrogen-bond acceptors (Lipinski definition) is 4. The Balaban J connectivity index is 1.60. The number of methoxy groups -OCH3 is 1. The molecule has 0 aliphatic carbocycles. The third kappa shape index (κ3) is 4.84. The van der Waals surface area contributed by atoms with E-state index in [1.807, 2.05) is 32.8 Å². The first-order chi connectivity index (χ1) is 15.3. The molecule has 0 N–H and O–H groups in total. The molecule has 2 fully saturated rings. The number of ether oxygens (including phenoxy) is 2. The quantitative estimate of drug-likeness (QED) is 0.667. The summed E-state index contributed by atoms with van der Waals surface area (Å²) in [5.74, 6) is 0. The van der Waals surface area contributed by atoms with Crippen molar-refractivity contribution in [2.24, 2.45) is 5.41 Å². The first-order valence-electron chi connectivity index (χ1n) is 11.7. The number of piperidine rings is 1. The maximum atomic E-state index is 12.9. The molecule has 2 saturated heterocycles. The van der Waals surface area contributed by atoms with Gasteiger partial charge in [-0.15, -0.1) is 0 Å². The zero-order valence-electron chi connectivity index (χ0n) is 19.8. The fourth-order valence-electron chi connectivity index (χ4n) is 5.42. The largest absolute Gasteiger partial charge is 0.444 e. The minimum atomic E-state index is -0.490. The van der Waals surface area contributed by atoms with E-state index in [4.69, 9.17) is 9.47 Å². The normalized spacial score (nSPS) is 24.3. The fraction of sp³-hybridized carbons (Fsp3) is 0.519. The molecule has 1 spiro atoms. The molecule has 2 atom stereocenters. The molecule has 4 rings (SSSR count). The van der Waals surface area contributed by atoms with E-state index in [1.165, 1.54) is 11.1 Å². The third-order valence-corrected chi connectivity index (χ3v) is 6.80. The molecule has 2 aromatic rings. The predicted octanol–water partition coefficient (Wildman–Crippen LogP) is 5.12. The summed E-state index contributed by atoms with van der Waals surface area (Å²) < 4.78 is 11.7. The molecule has 0 saturated carbocycles. The summed E-state index contributed by atoms with van der Waals surface area (Å²) in [7, 11) is 1.81. The standard InChI is InChI=1S/C27H36N2O3/c1-26(2,3)32-25(30)29-17-15-23(31-4)27(20-29)16-18-28(19-27)24(21-11-7-5-8-12-21)22-13-9-6-10-14-22/h5-14,23-24H,15-20H2,1-4H3. The summed E-state index contributed by atoms with van der Waals surface area (Å²) in [6.45, 7) is 8.97. The molecule has 2 aromatic carbocycles. The van der Waals surface area contributed by atoms with E-state index in [0.717, 1.165) is 25.9 Å². The zero-order chi connectivity index (χ0) is 22.8. The van der Waals surface area contributed by atoms with Gasteiger partial charge in [-0.05, 0) is 51.3 Å². The molecular formula is C27H36N2O3. The van der Waals surface area contributed by atoms with Crippen LogP contribution in [0.4, 0.5) is 4.79 Å². The number of benzene rings is 2. The molecule has 32 heavy (non-hydrogen) atoms. The van der Waals surface area contributed by atoms with Crippen LogP contribution in [0.25, 0.3) is 0 Å². The van der Waals surface area contributed by atoms with Gasteiger partial charge in [-0.2, -0.15) is 0 Å². The average molecular weight is 437 g/mol. The van der Waals surface area contributed by atoms with Crippen LogP contribution >= 0.6 is 0 Å². The first kappa shape index (κ1) is 22.8.